The molecule has 28 heavy (non-hydrogen) atoms. The third-order valence-corrected chi connectivity index (χ3v) is 6.14. The van der Waals surface area contributed by atoms with Gasteiger partial charge in [-0.1, -0.05) is 24.3 Å². The quantitative estimate of drug-likeness (QED) is 0.554. The standard InChI is InChI=1S/C19H21N3O4S2/c1-20-28(25,26)15-11-8-14(9-12-15)10-13-18(23)21-16-6-4-5-7-17(16)27-19(24)22(2)3/h4-13,20H,1-3H3,(H,21,23)/b13-10+. The van der Waals surface area contributed by atoms with E-state index in [9.17, 15) is 18.0 Å². The molecule has 2 rings (SSSR count). The Morgan fingerprint density at radius 3 is 2.29 bits per heavy atom. The second-order valence-electron chi connectivity index (χ2n) is 5.86. The van der Waals surface area contributed by atoms with E-state index in [1.54, 1.807) is 56.6 Å². The fraction of sp³-hybridized carbons (Fsp3) is 0.158. The Bertz CT molecular complexity index is 984. The average Bonchev–Trinajstić information content (AvgIpc) is 2.68. The van der Waals surface area contributed by atoms with Crippen LogP contribution in [0.25, 0.3) is 6.08 Å². The summed E-state index contributed by atoms with van der Waals surface area (Å²) in [6, 6.07) is 13.2. The summed E-state index contributed by atoms with van der Waals surface area (Å²) in [4.78, 5) is 26.4. The van der Waals surface area contributed by atoms with Crippen molar-refractivity contribution in [1.82, 2.24) is 9.62 Å². The highest BCUT2D eigenvalue weighted by Crippen LogP contribution is 2.28. The van der Waals surface area contributed by atoms with E-state index >= 15 is 0 Å². The maximum absolute atomic E-state index is 12.2. The summed E-state index contributed by atoms with van der Waals surface area (Å²) in [6.45, 7) is 0. The number of sulfonamides is 1. The number of rotatable bonds is 6. The van der Waals surface area contributed by atoms with E-state index in [0.29, 0.717) is 16.1 Å². The summed E-state index contributed by atoms with van der Waals surface area (Å²) in [5, 5.41) is 2.60. The number of hydrogen-bond donors (Lipinski definition) is 2. The van der Waals surface area contributed by atoms with Crippen molar-refractivity contribution in [3.63, 3.8) is 0 Å². The summed E-state index contributed by atoms with van der Waals surface area (Å²) in [5.41, 5.74) is 1.21. The molecule has 0 aromatic heterocycles. The number of para-hydroxylation sites is 1. The van der Waals surface area contributed by atoms with E-state index in [1.807, 2.05) is 0 Å². The molecular weight excluding hydrogens is 398 g/mol. The third-order valence-electron chi connectivity index (χ3n) is 3.59. The van der Waals surface area contributed by atoms with Gasteiger partial charge in [0.25, 0.3) is 5.24 Å². The SMILES string of the molecule is CNS(=O)(=O)c1ccc(/C=C/C(=O)Nc2ccccc2SC(=O)N(C)C)cc1. The Balaban J connectivity index is 2.07. The Morgan fingerprint density at radius 1 is 1.04 bits per heavy atom. The van der Waals surface area contributed by atoms with Crippen LogP contribution in [0.1, 0.15) is 5.56 Å². The molecule has 148 valence electrons. The smallest absolute Gasteiger partial charge is 0.286 e. The van der Waals surface area contributed by atoms with E-state index in [1.165, 1.54) is 30.2 Å². The van der Waals surface area contributed by atoms with E-state index in [4.69, 9.17) is 0 Å². The molecule has 2 aromatic rings. The Kier molecular flexibility index (Phi) is 7.38. The first-order chi connectivity index (χ1) is 13.2. The fourth-order valence-corrected chi connectivity index (χ4v) is 3.54. The number of amides is 2. The van der Waals surface area contributed by atoms with Crippen LogP contribution in [0.5, 0.6) is 0 Å². The molecule has 0 aliphatic carbocycles. The lowest BCUT2D eigenvalue weighted by Crippen LogP contribution is -2.18. The Hall–Kier alpha value is -2.62. The lowest BCUT2D eigenvalue weighted by molar-refractivity contribution is -0.111. The molecule has 0 saturated carbocycles. The summed E-state index contributed by atoms with van der Waals surface area (Å²) < 4.78 is 25.7. The molecule has 0 fully saturated rings. The molecular formula is C19H21N3O4S2. The predicted molar refractivity (Wildman–Crippen MR) is 112 cm³/mol. The van der Waals surface area contributed by atoms with E-state index < -0.39 is 10.0 Å². The number of benzene rings is 2. The molecule has 0 atom stereocenters. The molecule has 0 heterocycles. The first-order valence-electron chi connectivity index (χ1n) is 8.24. The first kappa shape index (κ1) is 21.7. The normalized spacial score (nSPS) is 11.4. The largest absolute Gasteiger partial charge is 0.339 e. The van der Waals surface area contributed by atoms with Crippen LogP contribution >= 0.6 is 11.8 Å². The minimum absolute atomic E-state index is 0.145. The number of nitrogens with zero attached hydrogens (tertiary/aromatic N) is 1. The maximum atomic E-state index is 12.2. The van der Waals surface area contributed by atoms with Gasteiger partial charge in [0.15, 0.2) is 0 Å². The van der Waals surface area contributed by atoms with Crippen molar-refractivity contribution in [1.29, 1.82) is 0 Å². The highest BCUT2D eigenvalue weighted by Gasteiger charge is 2.12. The van der Waals surface area contributed by atoms with Gasteiger partial charge in [-0.25, -0.2) is 13.1 Å². The maximum Gasteiger partial charge on any atom is 0.286 e. The lowest BCUT2D eigenvalue weighted by atomic mass is 10.2. The minimum Gasteiger partial charge on any atom is -0.339 e. The zero-order chi connectivity index (χ0) is 20.7. The van der Waals surface area contributed by atoms with Crippen LogP contribution in [0.2, 0.25) is 0 Å². The van der Waals surface area contributed by atoms with Crippen molar-refractivity contribution in [3.8, 4) is 0 Å². The summed E-state index contributed by atoms with van der Waals surface area (Å²) in [6.07, 6.45) is 2.92. The number of nitrogens with one attached hydrogen (secondary N) is 2. The van der Waals surface area contributed by atoms with Crippen LogP contribution in [0.3, 0.4) is 0 Å². The van der Waals surface area contributed by atoms with Crippen molar-refractivity contribution in [2.45, 2.75) is 9.79 Å². The molecule has 7 nitrogen and oxygen atoms in total. The van der Waals surface area contributed by atoms with Crippen LogP contribution in [0.4, 0.5) is 10.5 Å². The van der Waals surface area contributed by atoms with Gasteiger partial charge in [-0.3, -0.25) is 9.59 Å². The summed E-state index contributed by atoms with van der Waals surface area (Å²) >= 11 is 1.03. The monoisotopic (exact) mass is 419 g/mol. The van der Waals surface area contributed by atoms with Crippen molar-refractivity contribution >= 4 is 44.7 Å². The fourth-order valence-electron chi connectivity index (χ4n) is 2.07. The van der Waals surface area contributed by atoms with Gasteiger partial charge >= 0.3 is 0 Å². The van der Waals surface area contributed by atoms with Gasteiger partial charge in [0.1, 0.15) is 0 Å². The predicted octanol–water partition coefficient (Wildman–Crippen LogP) is 3.02. The number of carbonyl (C=O) groups excluding carboxylic acids is 2. The van der Waals surface area contributed by atoms with Gasteiger partial charge in [-0.05, 0) is 54.7 Å². The Morgan fingerprint density at radius 2 is 1.68 bits per heavy atom. The van der Waals surface area contributed by atoms with E-state index in [0.717, 1.165) is 11.8 Å². The minimum atomic E-state index is -3.49. The first-order valence-corrected chi connectivity index (χ1v) is 10.5. The molecule has 2 aromatic carbocycles. The second-order valence-corrected chi connectivity index (χ2v) is 8.74. The third kappa shape index (κ3) is 5.95. The molecule has 0 aliphatic heterocycles. The lowest BCUT2D eigenvalue weighted by Gasteiger charge is -2.12. The molecule has 2 N–H and O–H groups in total. The zero-order valence-corrected chi connectivity index (χ0v) is 17.3. The molecule has 0 aliphatic rings. The van der Waals surface area contributed by atoms with Crippen LogP contribution in [0.15, 0.2) is 64.4 Å². The van der Waals surface area contributed by atoms with Gasteiger partial charge in [0.2, 0.25) is 15.9 Å². The highest BCUT2D eigenvalue weighted by atomic mass is 32.2. The van der Waals surface area contributed by atoms with Gasteiger partial charge < -0.3 is 10.2 Å². The second kappa shape index (κ2) is 9.54. The molecule has 0 unspecified atom stereocenters. The molecule has 9 heteroatoms. The number of carbonyl (C=O) groups is 2. The number of anilines is 1. The number of thioether (sulfide) groups is 1. The van der Waals surface area contributed by atoms with Crippen LogP contribution in [-0.4, -0.2) is 45.6 Å². The van der Waals surface area contributed by atoms with Crippen molar-refractivity contribution in [2.24, 2.45) is 0 Å². The highest BCUT2D eigenvalue weighted by molar-refractivity contribution is 8.13. The van der Waals surface area contributed by atoms with Crippen LogP contribution < -0.4 is 10.0 Å². The number of hydrogen-bond acceptors (Lipinski definition) is 5. The van der Waals surface area contributed by atoms with Gasteiger partial charge in [-0.15, -0.1) is 0 Å². The molecule has 0 saturated heterocycles. The van der Waals surface area contributed by atoms with Gasteiger partial charge in [0.05, 0.1) is 10.6 Å². The van der Waals surface area contributed by atoms with E-state index in [-0.39, 0.29) is 16.0 Å². The van der Waals surface area contributed by atoms with Gasteiger partial charge in [-0.2, -0.15) is 0 Å². The van der Waals surface area contributed by atoms with Crippen molar-refractivity contribution < 1.29 is 18.0 Å². The van der Waals surface area contributed by atoms with E-state index in [2.05, 4.69) is 10.0 Å². The molecule has 0 radical (unpaired) electrons. The van der Waals surface area contributed by atoms with Crippen molar-refractivity contribution in [3.05, 3.63) is 60.2 Å². The molecule has 0 bridgehead atoms. The zero-order valence-electron chi connectivity index (χ0n) is 15.7. The van der Waals surface area contributed by atoms with Crippen LogP contribution in [-0.2, 0) is 14.8 Å². The summed E-state index contributed by atoms with van der Waals surface area (Å²) in [5.74, 6) is -0.364. The average molecular weight is 420 g/mol. The Labute approximate surface area is 168 Å². The molecule has 2 amide bonds. The van der Waals surface area contributed by atoms with Crippen molar-refractivity contribution in [2.75, 3.05) is 26.5 Å². The topological polar surface area (TPSA) is 95.6 Å². The van der Waals surface area contributed by atoms with Gasteiger partial charge in [0, 0.05) is 25.1 Å². The summed E-state index contributed by atoms with van der Waals surface area (Å²) in [7, 11) is 1.17. The molecule has 0 spiro atoms. The van der Waals surface area contributed by atoms with Crippen LogP contribution in [0, 0.1) is 0 Å².